The van der Waals surface area contributed by atoms with Crippen LogP contribution in [0.3, 0.4) is 0 Å². The van der Waals surface area contributed by atoms with Gasteiger partial charge in [0.1, 0.15) is 0 Å². The molecule has 4 nitrogen and oxygen atoms in total. The van der Waals surface area contributed by atoms with Crippen LogP contribution in [0.2, 0.25) is 0 Å². The molecule has 0 fully saturated rings. The highest BCUT2D eigenvalue weighted by Gasteiger charge is 2.12. The fourth-order valence-electron chi connectivity index (χ4n) is 2.18. The molecule has 1 heterocycles. The predicted octanol–water partition coefficient (Wildman–Crippen LogP) is 3.08. The Morgan fingerprint density at radius 3 is 2.43 bits per heavy atom. The molecule has 106 valence electrons. The Morgan fingerprint density at radius 1 is 1.10 bits per heavy atom. The van der Waals surface area contributed by atoms with Crippen LogP contribution < -0.4 is 5.76 Å². The monoisotopic (exact) mass is 299 g/mol. The van der Waals surface area contributed by atoms with Gasteiger partial charge in [-0.3, -0.25) is 9.36 Å². The second-order valence-corrected chi connectivity index (χ2v) is 5.55. The molecule has 3 rings (SSSR count). The zero-order valence-electron chi connectivity index (χ0n) is 11.6. The molecule has 0 saturated heterocycles. The summed E-state index contributed by atoms with van der Waals surface area (Å²) in [6, 6.07) is 12.5. The number of ketones is 1. The first-order valence-electron chi connectivity index (χ1n) is 6.38. The Hall–Kier alpha value is -2.27. The van der Waals surface area contributed by atoms with E-state index >= 15 is 0 Å². The lowest BCUT2D eigenvalue weighted by Crippen LogP contribution is -2.08. The number of oxazole rings is 1. The van der Waals surface area contributed by atoms with E-state index in [0.29, 0.717) is 22.2 Å². The van der Waals surface area contributed by atoms with Gasteiger partial charge in [0.2, 0.25) is 0 Å². The molecule has 21 heavy (non-hydrogen) atoms. The number of benzene rings is 2. The largest absolute Gasteiger partial charge is 0.419 e. The van der Waals surface area contributed by atoms with Gasteiger partial charge in [0.15, 0.2) is 11.4 Å². The molecule has 0 unspecified atom stereocenters. The summed E-state index contributed by atoms with van der Waals surface area (Å²) < 4.78 is 6.53. The summed E-state index contributed by atoms with van der Waals surface area (Å²) in [5, 5.41) is 0. The average molecular weight is 299 g/mol. The van der Waals surface area contributed by atoms with Crippen molar-refractivity contribution in [2.24, 2.45) is 7.05 Å². The number of carbonyl (C=O) groups excluding carboxylic acids is 1. The van der Waals surface area contributed by atoms with Crippen molar-refractivity contribution >= 4 is 28.6 Å². The second kappa shape index (κ2) is 5.26. The van der Waals surface area contributed by atoms with Crippen LogP contribution in [-0.4, -0.2) is 16.6 Å². The van der Waals surface area contributed by atoms with Crippen molar-refractivity contribution in [2.45, 2.75) is 4.90 Å². The van der Waals surface area contributed by atoms with Crippen molar-refractivity contribution in [3.8, 4) is 0 Å². The number of aromatic nitrogens is 1. The normalized spacial score (nSPS) is 11.0. The standard InChI is InChI=1S/C16H13NO3S/c1-17-13-8-5-11(9-14(13)20-16(17)19)15(18)10-3-6-12(21-2)7-4-10/h3-9H,1-2H3. The third kappa shape index (κ3) is 2.40. The van der Waals surface area contributed by atoms with Crippen molar-refractivity contribution in [1.82, 2.24) is 4.57 Å². The number of carbonyl (C=O) groups is 1. The topological polar surface area (TPSA) is 52.2 Å². The minimum Gasteiger partial charge on any atom is -0.408 e. The molecule has 0 aliphatic heterocycles. The fourth-order valence-corrected chi connectivity index (χ4v) is 2.59. The molecule has 1 aromatic heterocycles. The van der Waals surface area contributed by atoms with Gasteiger partial charge < -0.3 is 4.42 Å². The van der Waals surface area contributed by atoms with Crippen LogP contribution in [0, 0.1) is 0 Å². The molecule has 0 saturated carbocycles. The lowest BCUT2D eigenvalue weighted by molar-refractivity contribution is 0.103. The maximum Gasteiger partial charge on any atom is 0.419 e. The van der Waals surface area contributed by atoms with Crippen LogP contribution in [-0.2, 0) is 7.05 Å². The van der Waals surface area contributed by atoms with E-state index in [0.717, 1.165) is 4.90 Å². The first-order chi connectivity index (χ1) is 10.1. The number of thioether (sulfide) groups is 1. The van der Waals surface area contributed by atoms with Crippen LogP contribution in [0.25, 0.3) is 11.1 Å². The van der Waals surface area contributed by atoms with Crippen molar-refractivity contribution in [2.75, 3.05) is 6.26 Å². The minimum atomic E-state index is -0.432. The van der Waals surface area contributed by atoms with Crippen LogP contribution in [0.1, 0.15) is 15.9 Å². The predicted molar refractivity (Wildman–Crippen MR) is 83.1 cm³/mol. The Morgan fingerprint density at radius 2 is 1.76 bits per heavy atom. The molecular formula is C16H13NO3S. The van der Waals surface area contributed by atoms with E-state index in [1.54, 1.807) is 49.1 Å². The number of aryl methyl sites for hydroxylation is 1. The summed E-state index contributed by atoms with van der Waals surface area (Å²) >= 11 is 1.63. The quantitative estimate of drug-likeness (QED) is 0.551. The number of nitrogens with zero attached hydrogens (tertiary/aromatic N) is 1. The van der Waals surface area contributed by atoms with Crippen LogP contribution in [0.15, 0.2) is 56.6 Å². The average Bonchev–Trinajstić information content (AvgIpc) is 2.81. The zero-order chi connectivity index (χ0) is 15.0. The summed E-state index contributed by atoms with van der Waals surface area (Å²) in [7, 11) is 1.64. The molecule has 0 spiro atoms. The molecule has 0 aliphatic carbocycles. The molecule has 0 radical (unpaired) electrons. The maximum atomic E-state index is 12.4. The van der Waals surface area contributed by atoms with E-state index in [1.165, 1.54) is 4.57 Å². The molecule has 0 aliphatic rings. The van der Waals surface area contributed by atoms with Gasteiger partial charge in [0.25, 0.3) is 0 Å². The third-order valence-corrected chi connectivity index (χ3v) is 4.15. The SMILES string of the molecule is CSc1ccc(C(=O)c2ccc3c(c2)oc(=O)n3C)cc1. The minimum absolute atomic E-state index is 0.0870. The molecule has 2 aromatic carbocycles. The molecule has 0 amide bonds. The van der Waals surface area contributed by atoms with Crippen LogP contribution >= 0.6 is 11.8 Å². The Bertz CT molecular complexity index is 875. The van der Waals surface area contributed by atoms with Crippen molar-refractivity contribution < 1.29 is 9.21 Å². The van der Waals surface area contributed by atoms with E-state index in [4.69, 9.17) is 4.42 Å². The first kappa shape index (κ1) is 13.7. The van der Waals surface area contributed by atoms with E-state index in [1.807, 2.05) is 18.4 Å². The van der Waals surface area contributed by atoms with Gasteiger partial charge in [0.05, 0.1) is 5.52 Å². The fraction of sp³-hybridized carbons (Fsp3) is 0.125. The molecular weight excluding hydrogens is 286 g/mol. The van der Waals surface area contributed by atoms with Gasteiger partial charge in [-0.25, -0.2) is 4.79 Å². The molecule has 0 bridgehead atoms. The van der Waals surface area contributed by atoms with E-state index in [-0.39, 0.29) is 5.78 Å². The van der Waals surface area contributed by atoms with Crippen LogP contribution in [0.4, 0.5) is 0 Å². The number of fused-ring (bicyclic) bond motifs is 1. The Balaban J connectivity index is 2.02. The molecule has 5 heteroatoms. The highest BCUT2D eigenvalue weighted by atomic mass is 32.2. The maximum absolute atomic E-state index is 12.4. The van der Waals surface area contributed by atoms with Crippen molar-refractivity contribution in [3.05, 3.63) is 64.1 Å². The van der Waals surface area contributed by atoms with Gasteiger partial charge in [-0.1, -0.05) is 0 Å². The van der Waals surface area contributed by atoms with E-state index < -0.39 is 5.76 Å². The van der Waals surface area contributed by atoms with Crippen LogP contribution in [0.5, 0.6) is 0 Å². The van der Waals surface area contributed by atoms with Gasteiger partial charge in [0, 0.05) is 23.1 Å². The number of rotatable bonds is 3. The Kier molecular flexibility index (Phi) is 3.43. The summed E-state index contributed by atoms with van der Waals surface area (Å²) in [6.07, 6.45) is 1.99. The zero-order valence-corrected chi connectivity index (χ0v) is 12.4. The van der Waals surface area contributed by atoms with E-state index in [2.05, 4.69) is 0 Å². The second-order valence-electron chi connectivity index (χ2n) is 4.67. The molecule has 0 atom stereocenters. The van der Waals surface area contributed by atoms with Gasteiger partial charge >= 0.3 is 5.76 Å². The summed E-state index contributed by atoms with van der Waals surface area (Å²) in [4.78, 5) is 25.0. The smallest absolute Gasteiger partial charge is 0.408 e. The Labute approximate surface area is 125 Å². The van der Waals surface area contributed by atoms with Crippen molar-refractivity contribution in [1.29, 1.82) is 0 Å². The highest BCUT2D eigenvalue weighted by Crippen LogP contribution is 2.19. The lowest BCUT2D eigenvalue weighted by atomic mass is 10.0. The number of hydrogen-bond donors (Lipinski definition) is 0. The van der Waals surface area contributed by atoms with Crippen molar-refractivity contribution in [3.63, 3.8) is 0 Å². The summed E-state index contributed by atoms with van der Waals surface area (Å²) in [5.74, 6) is -0.519. The molecule has 0 N–H and O–H groups in total. The highest BCUT2D eigenvalue weighted by molar-refractivity contribution is 7.98. The summed E-state index contributed by atoms with van der Waals surface area (Å²) in [6.45, 7) is 0. The first-order valence-corrected chi connectivity index (χ1v) is 7.61. The van der Waals surface area contributed by atoms with E-state index in [9.17, 15) is 9.59 Å². The number of hydrogen-bond acceptors (Lipinski definition) is 4. The third-order valence-electron chi connectivity index (χ3n) is 3.41. The van der Waals surface area contributed by atoms with Gasteiger partial charge in [-0.05, 0) is 48.7 Å². The summed E-state index contributed by atoms with van der Waals surface area (Å²) in [5.41, 5.74) is 2.22. The molecule has 3 aromatic rings. The lowest BCUT2D eigenvalue weighted by Gasteiger charge is -2.02. The van der Waals surface area contributed by atoms with Gasteiger partial charge in [-0.2, -0.15) is 0 Å². The van der Waals surface area contributed by atoms with Gasteiger partial charge in [-0.15, -0.1) is 11.8 Å².